The van der Waals surface area contributed by atoms with Crippen molar-refractivity contribution < 1.29 is 4.79 Å². The highest BCUT2D eigenvalue weighted by molar-refractivity contribution is 7.99. The summed E-state index contributed by atoms with van der Waals surface area (Å²) in [5.41, 5.74) is 3.03. The first-order valence-electron chi connectivity index (χ1n) is 6.94. The summed E-state index contributed by atoms with van der Waals surface area (Å²) in [7, 11) is 0. The molecule has 1 fully saturated rings. The van der Waals surface area contributed by atoms with Crippen LogP contribution in [-0.2, 0) is 0 Å². The standard InChI is InChI=1S/C15H22N2OS/c1-3-16-15(18)12-6-7-14(11(2)9-12)17-13-5-4-8-19-10-13/h6-7,9,13,17H,3-5,8,10H2,1-2H3,(H,16,18). The minimum atomic E-state index is 0.00497. The smallest absolute Gasteiger partial charge is 0.251 e. The molecule has 0 aliphatic carbocycles. The van der Waals surface area contributed by atoms with Gasteiger partial charge in [-0.2, -0.15) is 11.8 Å². The Morgan fingerprint density at radius 3 is 2.95 bits per heavy atom. The van der Waals surface area contributed by atoms with E-state index in [9.17, 15) is 4.79 Å². The lowest BCUT2D eigenvalue weighted by atomic mass is 10.1. The Morgan fingerprint density at radius 2 is 2.32 bits per heavy atom. The van der Waals surface area contributed by atoms with E-state index < -0.39 is 0 Å². The van der Waals surface area contributed by atoms with Crippen LogP contribution in [0.3, 0.4) is 0 Å². The first-order valence-corrected chi connectivity index (χ1v) is 8.09. The minimum absolute atomic E-state index is 0.00497. The fraction of sp³-hybridized carbons (Fsp3) is 0.533. The number of carbonyl (C=O) groups is 1. The molecule has 1 aliphatic rings. The molecule has 0 spiro atoms. The molecular formula is C15H22N2OS. The van der Waals surface area contributed by atoms with Gasteiger partial charge in [-0.25, -0.2) is 0 Å². The van der Waals surface area contributed by atoms with Gasteiger partial charge in [-0.3, -0.25) is 4.79 Å². The molecule has 1 atom stereocenters. The molecule has 1 saturated heterocycles. The lowest BCUT2D eigenvalue weighted by molar-refractivity contribution is 0.0956. The van der Waals surface area contributed by atoms with E-state index in [1.165, 1.54) is 24.3 Å². The minimum Gasteiger partial charge on any atom is -0.381 e. The summed E-state index contributed by atoms with van der Waals surface area (Å²) in [5.74, 6) is 2.47. The van der Waals surface area contributed by atoms with Crippen LogP contribution in [-0.4, -0.2) is 30.0 Å². The maximum Gasteiger partial charge on any atom is 0.251 e. The van der Waals surface area contributed by atoms with E-state index in [0.717, 1.165) is 16.8 Å². The van der Waals surface area contributed by atoms with Gasteiger partial charge in [-0.05, 0) is 56.2 Å². The summed E-state index contributed by atoms with van der Waals surface area (Å²) in [4.78, 5) is 11.8. The number of hydrogen-bond donors (Lipinski definition) is 2. The molecule has 1 aliphatic heterocycles. The Hall–Kier alpha value is -1.16. The third kappa shape index (κ3) is 3.90. The molecule has 1 unspecified atom stereocenters. The average Bonchev–Trinajstić information content (AvgIpc) is 2.42. The van der Waals surface area contributed by atoms with Gasteiger partial charge in [0, 0.05) is 29.6 Å². The van der Waals surface area contributed by atoms with Crippen LogP contribution < -0.4 is 10.6 Å². The third-order valence-electron chi connectivity index (χ3n) is 3.35. The maximum atomic E-state index is 11.8. The molecular weight excluding hydrogens is 256 g/mol. The van der Waals surface area contributed by atoms with Gasteiger partial charge in [-0.1, -0.05) is 0 Å². The molecule has 1 heterocycles. The Labute approximate surface area is 119 Å². The van der Waals surface area contributed by atoms with Crippen LogP contribution in [0.25, 0.3) is 0 Å². The number of nitrogens with one attached hydrogen (secondary N) is 2. The fourth-order valence-corrected chi connectivity index (χ4v) is 3.38. The molecule has 1 aromatic rings. The summed E-state index contributed by atoms with van der Waals surface area (Å²) < 4.78 is 0. The number of carbonyl (C=O) groups excluding carboxylic acids is 1. The number of hydrogen-bond acceptors (Lipinski definition) is 3. The number of benzene rings is 1. The summed E-state index contributed by atoms with van der Waals surface area (Å²) >= 11 is 2.02. The average molecular weight is 278 g/mol. The molecule has 1 aromatic carbocycles. The van der Waals surface area contributed by atoms with Crippen molar-refractivity contribution in [1.29, 1.82) is 0 Å². The van der Waals surface area contributed by atoms with Crippen LogP contribution in [0, 0.1) is 6.92 Å². The molecule has 4 heteroatoms. The van der Waals surface area contributed by atoms with Gasteiger partial charge in [0.25, 0.3) is 5.91 Å². The summed E-state index contributed by atoms with van der Waals surface area (Å²) in [6.07, 6.45) is 2.53. The molecule has 0 radical (unpaired) electrons. The van der Waals surface area contributed by atoms with Gasteiger partial charge in [0.1, 0.15) is 0 Å². The highest BCUT2D eigenvalue weighted by Crippen LogP contribution is 2.23. The monoisotopic (exact) mass is 278 g/mol. The van der Waals surface area contributed by atoms with Crippen LogP contribution in [0.2, 0.25) is 0 Å². The molecule has 0 saturated carbocycles. The van der Waals surface area contributed by atoms with Gasteiger partial charge in [0.05, 0.1) is 0 Å². The third-order valence-corrected chi connectivity index (χ3v) is 4.56. The molecule has 1 amide bonds. The number of rotatable bonds is 4. The van der Waals surface area contributed by atoms with E-state index in [1.807, 2.05) is 36.9 Å². The lowest BCUT2D eigenvalue weighted by Gasteiger charge is -2.24. The Kier molecular flexibility index (Phi) is 5.14. The topological polar surface area (TPSA) is 41.1 Å². The van der Waals surface area contributed by atoms with Crippen LogP contribution in [0.4, 0.5) is 5.69 Å². The van der Waals surface area contributed by atoms with Gasteiger partial charge >= 0.3 is 0 Å². The van der Waals surface area contributed by atoms with Crippen LogP contribution in [0.5, 0.6) is 0 Å². The van der Waals surface area contributed by atoms with Gasteiger partial charge in [0.2, 0.25) is 0 Å². The lowest BCUT2D eigenvalue weighted by Crippen LogP contribution is -2.26. The van der Waals surface area contributed by atoms with Gasteiger partial charge in [0.15, 0.2) is 0 Å². The van der Waals surface area contributed by atoms with E-state index in [2.05, 4.69) is 17.6 Å². The maximum absolute atomic E-state index is 11.8. The Morgan fingerprint density at radius 1 is 1.47 bits per heavy atom. The van der Waals surface area contributed by atoms with E-state index in [1.54, 1.807) is 0 Å². The van der Waals surface area contributed by atoms with Crippen LogP contribution in [0.1, 0.15) is 35.7 Å². The molecule has 19 heavy (non-hydrogen) atoms. The first-order chi connectivity index (χ1) is 9.20. The molecule has 2 N–H and O–H groups in total. The van der Waals surface area contributed by atoms with E-state index in [0.29, 0.717) is 12.6 Å². The zero-order chi connectivity index (χ0) is 13.7. The number of anilines is 1. The second-order valence-corrected chi connectivity index (χ2v) is 6.10. The van der Waals surface area contributed by atoms with Crippen molar-refractivity contribution in [3.63, 3.8) is 0 Å². The summed E-state index contributed by atoms with van der Waals surface area (Å²) in [5, 5.41) is 6.42. The van der Waals surface area contributed by atoms with Crippen molar-refractivity contribution >= 4 is 23.4 Å². The predicted octanol–water partition coefficient (Wildman–Crippen LogP) is 3.05. The predicted molar refractivity (Wildman–Crippen MR) is 83.2 cm³/mol. The first kappa shape index (κ1) is 14.3. The van der Waals surface area contributed by atoms with E-state index in [-0.39, 0.29) is 5.91 Å². The largest absolute Gasteiger partial charge is 0.381 e. The second kappa shape index (κ2) is 6.85. The van der Waals surface area contributed by atoms with Crippen LogP contribution >= 0.6 is 11.8 Å². The van der Waals surface area contributed by atoms with E-state index >= 15 is 0 Å². The molecule has 3 nitrogen and oxygen atoms in total. The molecule has 0 aromatic heterocycles. The van der Waals surface area contributed by atoms with Crippen molar-refractivity contribution in [3.8, 4) is 0 Å². The highest BCUT2D eigenvalue weighted by Gasteiger charge is 2.14. The van der Waals surface area contributed by atoms with Gasteiger partial charge in [-0.15, -0.1) is 0 Å². The SMILES string of the molecule is CCNC(=O)c1ccc(NC2CCCSC2)c(C)c1. The zero-order valence-corrected chi connectivity index (χ0v) is 12.5. The molecule has 0 bridgehead atoms. The zero-order valence-electron chi connectivity index (χ0n) is 11.7. The van der Waals surface area contributed by atoms with Crippen molar-refractivity contribution in [1.82, 2.24) is 5.32 Å². The Balaban J connectivity index is 2.04. The summed E-state index contributed by atoms with van der Waals surface area (Å²) in [6.45, 7) is 4.65. The molecule has 104 valence electrons. The van der Waals surface area contributed by atoms with Crippen molar-refractivity contribution in [3.05, 3.63) is 29.3 Å². The fourth-order valence-electron chi connectivity index (χ4n) is 2.30. The molecule has 2 rings (SSSR count). The quantitative estimate of drug-likeness (QED) is 0.889. The highest BCUT2D eigenvalue weighted by atomic mass is 32.2. The Bertz CT molecular complexity index is 442. The number of aryl methyl sites for hydroxylation is 1. The van der Waals surface area contributed by atoms with Crippen molar-refractivity contribution in [2.45, 2.75) is 32.7 Å². The number of thioether (sulfide) groups is 1. The summed E-state index contributed by atoms with van der Waals surface area (Å²) in [6, 6.07) is 6.45. The van der Waals surface area contributed by atoms with E-state index in [4.69, 9.17) is 0 Å². The van der Waals surface area contributed by atoms with Crippen LogP contribution in [0.15, 0.2) is 18.2 Å². The van der Waals surface area contributed by atoms with Gasteiger partial charge < -0.3 is 10.6 Å². The second-order valence-electron chi connectivity index (χ2n) is 4.95. The van der Waals surface area contributed by atoms with Crippen molar-refractivity contribution in [2.24, 2.45) is 0 Å². The number of amides is 1. The van der Waals surface area contributed by atoms with Crippen molar-refractivity contribution in [2.75, 3.05) is 23.4 Å². The normalized spacial score (nSPS) is 18.9.